The lowest BCUT2D eigenvalue weighted by atomic mass is 10.1. The van der Waals surface area contributed by atoms with Crippen LogP contribution in [0.4, 0.5) is 5.69 Å². The van der Waals surface area contributed by atoms with Crippen LogP contribution in [0.3, 0.4) is 0 Å². The highest BCUT2D eigenvalue weighted by Crippen LogP contribution is 2.20. The molecule has 0 aromatic heterocycles. The van der Waals surface area contributed by atoms with E-state index in [-0.39, 0.29) is 12.2 Å². The first-order valence-corrected chi connectivity index (χ1v) is 19.3. The summed E-state index contributed by atoms with van der Waals surface area (Å²) in [4.78, 5) is 2.46. The smallest absolute Gasteiger partial charge is 0.119 e. The van der Waals surface area contributed by atoms with Crippen LogP contribution in [0.25, 0.3) is 24.3 Å². The minimum Gasteiger partial charge on any atom is -0.489 e. The predicted molar refractivity (Wildman–Crippen MR) is 228 cm³/mol. The molecule has 5 heteroatoms. The monoisotopic (exact) mass is 709 g/mol. The van der Waals surface area contributed by atoms with Gasteiger partial charge in [-0.05, 0) is 77.8 Å². The number of unbranched alkanes of at least 4 members (excludes halogenated alkanes) is 2. The van der Waals surface area contributed by atoms with Crippen LogP contribution in [-0.2, 0) is 16.1 Å². The molecule has 0 heterocycles. The Morgan fingerprint density at radius 3 is 1.35 bits per heavy atom. The van der Waals surface area contributed by atoms with E-state index in [0.29, 0.717) is 19.8 Å². The highest BCUT2D eigenvalue weighted by atomic mass is 28.1. The third-order valence-electron chi connectivity index (χ3n) is 8.73. The van der Waals surface area contributed by atoms with Crippen LogP contribution < -0.4 is 14.8 Å². The summed E-state index contributed by atoms with van der Waals surface area (Å²) in [5.74, 6) is 0.877. The molecule has 0 radical (unpaired) electrons. The Labute approximate surface area is 315 Å². The number of hydrogen-bond acceptors (Lipinski definition) is 4. The van der Waals surface area contributed by atoms with Crippen molar-refractivity contribution in [2.24, 2.45) is 0 Å². The van der Waals surface area contributed by atoms with Gasteiger partial charge in [-0.2, -0.15) is 0 Å². The van der Waals surface area contributed by atoms with Gasteiger partial charge in [0.15, 0.2) is 0 Å². The van der Waals surface area contributed by atoms with Crippen LogP contribution in [-0.4, -0.2) is 48.8 Å². The molecule has 0 unspecified atom stereocenters. The van der Waals surface area contributed by atoms with Crippen LogP contribution in [0, 0.1) is 0 Å². The highest BCUT2D eigenvalue weighted by molar-refractivity contribution is 6.32. The minimum atomic E-state index is -0.0903. The number of ether oxygens (including phenoxy) is 3. The molecule has 0 fully saturated rings. The molecule has 0 aliphatic heterocycles. The third kappa shape index (κ3) is 14.4. The summed E-state index contributed by atoms with van der Waals surface area (Å²) in [6.07, 6.45) is 19.6. The Morgan fingerprint density at radius 1 is 0.519 bits per heavy atom. The van der Waals surface area contributed by atoms with Crippen LogP contribution in [0.5, 0.6) is 5.75 Å². The van der Waals surface area contributed by atoms with E-state index in [1.807, 2.05) is 12.1 Å². The molecule has 4 aromatic carbocycles. The molecule has 270 valence electrons. The molecule has 4 aromatic rings. The average molecular weight is 710 g/mol. The topological polar surface area (TPSA) is 30.9 Å². The minimum absolute atomic E-state index is 0.0903. The summed E-state index contributed by atoms with van der Waals surface area (Å²) in [5.41, 5.74) is 7.04. The Bertz CT molecular complexity index is 1660. The number of hydrogen-bond donors (Lipinski definition) is 0. The zero-order valence-electron chi connectivity index (χ0n) is 30.9. The molecule has 0 saturated heterocycles. The zero-order chi connectivity index (χ0) is 36.8. The van der Waals surface area contributed by atoms with Crippen LogP contribution >= 0.6 is 0 Å². The lowest BCUT2D eigenvalue weighted by molar-refractivity contribution is 0.112. The quantitative estimate of drug-likeness (QED) is 0.0314. The molecular weight excluding hydrogens is 655 g/mol. The Kier molecular flexibility index (Phi) is 17.5. The van der Waals surface area contributed by atoms with E-state index < -0.39 is 0 Å². The first kappa shape index (κ1) is 39.8. The Hall–Kier alpha value is -4.94. The fourth-order valence-corrected chi connectivity index (χ4v) is 5.84. The highest BCUT2D eigenvalue weighted by Gasteiger charge is 2.08. The Morgan fingerprint density at radius 2 is 0.923 bits per heavy atom. The first-order chi connectivity index (χ1) is 25.5. The molecule has 0 aliphatic carbocycles. The number of nitrogens with zero attached hydrogens (tertiary/aromatic N) is 1. The van der Waals surface area contributed by atoms with Gasteiger partial charge < -0.3 is 19.1 Å². The Balaban J connectivity index is 1.27. The van der Waals surface area contributed by atoms with Gasteiger partial charge in [0.25, 0.3) is 0 Å². The van der Waals surface area contributed by atoms with Gasteiger partial charge >= 0.3 is 0 Å². The largest absolute Gasteiger partial charge is 0.489 e. The molecule has 0 bridgehead atoms. The van der Waals surface area contributed by atoms with Crippen molar-refractivity contribution in [1.29, 1.82) is 0 Å². The van der Waals surface area contributed by atoms with Gasteiger partial charge in [0.1, 0.15) is 12.4 Å². The van der Waals surface area contributed by atoms with Gasteiger partial charge in [-0.15, -0.1) is 26.3 Å². The van der Waals surface area contributed by atoms with E-state index in [1.54, 1.807) is 24.3 Å². The summed E-state index contributed by atoms with van der Waals surface area (Å²) >= 11 is 0. The molecule has 0 amide bonds. The van der Waals surface area contributed by atoms with Crippen molar-refractivity contribution in [3.8, 4) is 5.75 Å². The SMILES string of the molecule is C=CC(C=C)OCCCCN(CCCCOC(C=C)C=C)c1ccc(C=Cc2ccc(C=Cc3ccc(OCc4ccc([SiH3])cc4)cc3)cc2)cc1. The second kappa shape index (κ2) is 22.8. The van der Waals surface area contributed by atoms with Crippen molar-refractivity contribution in [2.75, 3.05) is 31.2 Å². The number of benzene rings is 4. The van der Waals surface area contributed by atoms with Crippen LogP contribution in [0.2, 0.25) is 0 Å². The molecular formula is C47H55NO3Si. The number of anilines is 1. The van der Waals surface area contributed by atoms with E-state index >= 15 is 0 Å². The van der Waals surface area contributed by atoms with Gasteiger partial charge in [-0.1, -0.05) is 127 Å². The van der Waals surface area contributed by atoms with E-state index in [0.717, 1.165) is 71.5 Å². The average Bonchev–Trinajstić information content (AvgIpc) is 3.19. The first-order valence-electron chi connectivity index (χ1n) is 18.3. The molecule has 0 spiro atoms. The summed E-state index contributed by atoms with van der Waals surface area (Å²) in [6.45, 7) is 19.1. The number of rotatable bonds is 24. The van der Waals surface area contributed by atoms with Crippen LogP contribution in [0.15, 0.2) is 148 Å². The molecule has 0 atom stereocenters. The van der Waals surface area contributed by atoms with Gasteiger partial charge in [0.05, 0.1) is 12.2 Å². The fraction of sp³-hybridized carbons (Fsp3) is 0.234. The summed E-state index contributed by atoms with van der Waals surface area (Å²) in [7, 11) is 1.07. The van der Waals surface area contributed by atoms with Gasteiger partial charge in [-0.25, -0.2) is 0 Å². The van der Waals surface area contributed by atoms with E-state index in [9.17, 15) is 0 Å². The van der Waals surface area contributed by atoms with Crippen molar-refractivity contribution in [3.63, 3.8) is 0 Å². The summed E-state index contributed by atoms with van der Waals surface area (Å²) in [6, 6.07) is 34.3. The maximum atomic E-state index is 5.96. The molecule has 4 nitrogen and oxygen atoms in total. The lowest BCUT2D eigenvalue weighted by Gasteiger charge is -2.25. The van der Waals surface area contributed by atoms with E-state index in [4.69, 9.17) is 14.2 Å². The second-order valence-corrected chi connectivity index (χ2v) is 13.9. The molecule has 0 aliphatic rings. The third-order valence-corrected chi connectivity index (χ3v) is 9.40. The summed E-state index contributed by atoms with van der Waals surface area (Å²) < 4.78 is 17.6. The standard InChI is InChI=1S/C47H55NO3Si/c1-5-44(6-2)49-35-11-9-33-48(34-10-12-36-50-45(7-3)8-4)43-27-21-40(22-28-43)19-17-38-13-15-39(16-14-38)18-20-41-23-29-46(30-24-41)51-37-42-25-31-47(52)32-26-42/h5-8,13-32,44-45H,1-4,9-12,33-37H2,52H3. The van der Waals surface area contributed by atoms with Gasteiger partial charge in [0.2, 0.25) is 0 Å². The molecule has 0 saturated carbocycles. The van der Waals surface area contributed by atoms with Crippen molar-refractivity contribution in [3.05, 3.63) is 175 Å². The molecule has 0 N–H and O–H groups in total. The summed E-state index contributed by atoms with van der Waals surface area (Å²) in [5, 5.41) is 1.39. The lowest BCUT2D eigenvalue weighted by Crippen LogP contribution is -2.26. The predicted octanol–water partition coefficient (Wildman–Crippen LogP) is 9.48. The fourth-order valence-electron chi connectivity index (χ4n) is 5.51. The van der Waals surface area contributed by atoms with Gasteiger partial charge in [-0.3, -0.25) is 0 Å². The van der Waals surface area contributed by atoms with Crippen molar-refractivity contribution in [1.82, 2.24) is 0 Å². The van der Waals surface area contributed by atoms with Crippen molar-refractivity contribution < 1.29 is 14.2 Å². The molecule has 4 rings (SSSR count). The van der Waals surface area contributed by atoms with Crippen molar-refractivity contribution >= 4 is 45.4 Å². The maximum absolute atomic E-state index is 5.96. The van der Waals surface area contributed by atoms with Gasteiger partial charge in [0, 0.05) is 42.2 Å². The van der Waals surface area contributed by atoms with E-state index in [2.05, 4.69) is 140 Å². The second-order valence-electron chi connectivity index (χ2n) is 12.8. The molecule has 52 heavy (non-hydrogen) atoms. The van der Waals surface area contributed by atoms with E-state index in [1.165, 1.54) is 22.0 Å². The normalized spacial score (nSPS) is 11.4. The zero-order valence-corrected chi connectivity index (χ0v) is 32.9. The van der Waals surface area contributed by atoms with Crippen molar-refractivity contribution in [2.45, 2.75) is 44.5 Å². The maximum Gasteiger partial charge on any atom is 0.119 e. The van der Waals surface area contributed by atoms with Crippen LogP contribution in [0.1, 0.15) is 53.5 Å².